The zero-order valence-corrected chi connectivity index (χ0v) is 18.2. The van der Waals surface area contributed by atoms with Crippen LogP contribution in [-0.2, 0) is 12.6 Å². The van der Waals surface area contributed by atoms with Crippen LogP contribution < -0.4 is 0 Å². The molecule has 2 aromatic carbocycles. The van der Waals surface area contributed by atoms with Crippen LogP contribution in [0.1, 0.15) is 73.1 Å². The third-order valence-corrected chi connectivity index (χ3v) is 7.14. The second-order valence-electron chi connectivity index (χ2n) is 9.11. The van der Waals surface area contributed by atoms with Crippen molar-refractivity contribution in [1.82, 2.24) is 0 Å². The van der Waals surface area contributed by atoms with Crippen LogP contribution in [0.15, 0.2) is 36.4 Å². The van der Waals surface area contributed by atoms with Crippen LogP contribution in [0.2, 0.25) is 0 Å². The smallest absolute Gasteiger partial charge is 0.207 e. The molecule has 33 heavy (non-hydrogen) atoms. The molecule has 0 aliphatic heterocycles. The van der Waals surface area contributed by atoms with Crippen LogP contribution in [0.25, 0.3) is 0 Å². The molecule has 0 N–H and O–H groups in total. The van der Waals surface area contributed by atoms with Gasteiger partial charge >= 0.3 is 6.18 Å². The van der Waals surface area contributed by atoms with Crippen molar-refractivity contribution in [3.63, 3.8) is 0 Å². The number of allylic oxidation sites excluding steroid dienone is 2. The summed E-state index contributed by atoms with van der Waals surface area (Å²) in [5.74, 6) is -5.56. The van der Waals surface area contributed by atoms with Gasteiger partial charge < -0.3 is 0 Å². The molecule has 0 heterocycles. The first kappa shape index (κ1) is 23.8. The van der Waals surface area contributed by atoms with E-state index in [-0.39, 0.29) is 23.3 Å². The highest BCUT2D eigenvalue weighted by atomic mass is 19.4. The molecule has 178 valence electrons. The van der Waals surface area contributed by atoms with Gasteiger partial charge in [0.05, 0.1) is 0 Å². The molecule has 0 bridgehead atoms. The molecule has 2 aromatic rings. The molecule has 0 spiro atoms. The van der Waals surface area contributed by atoms with Crippen molar-refractivity contribution in [2.24, 2.45) is 11.8 Å². The van der Waals surface area contributed by atoms with E-state index in [0.29, 0.717) is 36.8 Å². The molecule has 2 aliphatic rings. The highest BCUT2D eigenvalue weighted by Gasteiger charge is 2.44. The molecular formula is C26H25F7. The lowest BCUT2D eigenvalue weighted by atomic mass is 9.58. The molecule has 1 saturated carbocycles. The highest BCUT2D eigenvalue weighted by Crippen LogP contribution is 2.55. The maximum atomic E-state index is 14.5. The van der Waals surface area contributed by atoms with Crippen molar-refractivity contribution in [2.45, 2.75) is 63.5 Å². The lowest BCUT2D eigenvalue weighted by molar-refractivity contribution is -0.142. The number of rotatable bonds is 4. The standard InChI is InChI=1S/C26H25F7/c1-2-3-4-5-14-6-7-17-19(9-8-18-20(17)12-16(27)13-21(18)28)24(14)15-10-22(29)25(23(30)11-15)26(31,32)33/h4-5,10-14,17,19,24H,2-3,6-9H2,1H3. The highest BCUT2D eigenvalue weighted by molar-refractivity contribution is 5.39. The maximum absolute atomic E-state index is 14.5. The van der Waals surface area contributed by atoms with Gasteiger partial charge in [0.25, 0.3) is 0 Å². The van der Waals surface area contributed by atoms with Crippen molar-refractivity contribution in [3.8, 4) is 0 Å². The van der Waals surface area contributed by atoms with E-state index in [2.05, 4.69) is 0 Å². The average Bonchev–Trinajstić information content (AvgIpc) is 2.71. The molecule has 0 radical (unpaired) electrons. The van der Waals surface area contributed by atoms with Crippen LogP contribution in [0.3, 0.4) is 0 Å². The normalized spacial score (nSPS) is 25.2. The Morgan fingerprint density at radius 1 is 0.909 bits per heavy atom. The summed E-state index contributed by atoms with van der Waals surface area (Å²) in [7, 11) is 0. The predicted molar refractivity (Wildman–Crippen MR) is 112 cm³/mol. The van der Waals surface area contributed by atoms with E-state index in [1.807, 2.05) is 19.1 Å². The third-order valence-electron chi connectivity index (χ3n) is 7.14. The first-order valence-electron chi connectivity index (χ1n) is 11.3. The molecular weight excluding hydrogens is 445 g/mol. The average molecular weight is 470 g/mol. The third kappa shape index (κ3) is 4.56. The van der Waals surface area contributed by atoms with Crippen molar-refractivity contribution in [1.29, 1.82) is 0 Å². The van der Waals surface area contributed by atoms with Gasteiger partial charge in [0, 0.05) is 6.07 Å². The van der Waals surface area contributed by atoms with E-state index in [1.165, 1.54) is 6.07 Å². The van der Waals surface area contributed by atoms with E-state index in [1.54, 1.807) is 0 Å². The van der Waals surface area contributed by atoms with Crippen LogP contribution in [-0.4, -0.2) is 0 Å². The summed E-state index contributed by atoms with van der Waals surface area (Å²) in [4.78, 5) is 0. The van der Waals surface area contributed by atoms with Crippen molar-refractivity contribution in [3.05, 3.63) is 81.9 Å². The SMILES string of the molecule is CCCC=CC1CCC2c3cc(F)cc(F)c3CCC2C1c1cc(F)c(C(F)(F)F)c(F)c1. The minimum atomic E-state index is -5.14. The largest absolute Gasteiger partial charge is 0.422 e. The topological polar surface area (TPSA) is 0 Å². The number of alkyl halides is 3. The number of benzene rings is 2. The van der Waals surface area contributed by atoms with E-state index in [4.69, 9.17) is 0 Å². The van der Waals surface area contributed by atoms with E-state index in [9.17, 15) is 30.7 Å². The Balaban J connectivity index is 1.80. The fourth-order valence-electron chi connectivity index (χ4n) is 5.83. The number of fused-ring (bicyclic) bond motifs is 3. The molecule has 2 aliphatic carbocycles. The number of hydrogen-bond donors (Lipinski definition) is 0. The summed E-state index contributed by atoms with van der Waals surface area (Å²) in [5, 5.41) is 0. The van der Waals surface area contributed by atoms with Gasteiger partial charge in [-0.15, -0.1) is 0 Å². The van der Waals surface area contributed by atoms with Crippen LogP contribution >= 0.6 is 0 Å². The molecule has 0 aromatic heterocycles. The summed E-state index contributed by atoms with van der Waals surface area (Å²) < 4.78 is 96.7. The lowest BCUT2D eigenvalue weighted by Crippen LogP contribution is -2.35. The van der Waals surface area contributed by atoms with Gasteiger partial charge in [0.15, 0.2) is 0 Å². The lowest BCUT2D eigenvalue weighted by Gasteiger charge is -2.46. The Morgan fingerprint density at radius 3 is 2.24 bits per heavy atom. The molecule has 0 saturated heterocycles. The number of hydrogen-bond acceptors (Lipinski definition) is 0. The summed E-state index contributed by atoms with van der Waals surface area (Å²) in [6, 6.07) is 3.77. The molecule has 0 nitrogen and oxygen atoms in total. The van der Waals surface area contributed by atoms with Gasteiger partial charge in [0.2, 0.25) is 0 Å². The Kier molecular flexibility index (Phi) is 6.61. The van der Waals surface area contributed by atoms with Crippen molar-refractivity contribution in [2.75, 3.05) is 0 Å². The van der Waals surface area contributed by atoms with Gasteiger partial charge in [-0.3, -0.25) is 0 Å². The zero-order valence-electron chi connectivity index (χ0n) is 18.2. The van der Waals surface area contributed by atoms with Gasteiger partial charge in [-0.05, 0) is 90.7 Å². The first-order valence-corrected chi connectivity index (χ1v) is 11.3. The van der Waals surface area contributed by atoms with Gasteiger partial charge in [-0.1, -0.05) is 25.5 Å². The fourth-order valence-corrected chi connectivity index (χ4v) is 5.83. The first-order chi connectivity index (χ1) is 15.6. The van der Waals surface area contributed by atoms with E-state index < -0.39 is 40.9 Å². The molecule has 4 unspecified atom stereocenters. The van der Waals surface area contributed by atoms with Crippen LogP contribution in [0.5, 0.6) is 0 Å². The summed E-state index contributed by atoms with van der Waals surface area (Å²) in [6.07, 6.45) is 2.66. The van der Waals surface area contributed by atoms with E-state index >= 15 is 0 Å². The molecule has 7 heteroatoms. The Morgan fingerprint density at radius 2 is 1.61 bits per heavy atom. The molecule has 0 amide bonds. The molecule has 4 atom stereocenters. The maximum Gasteiger partial charge on any atom is 0.422 e. The minimum absolute atomic E-state index is 0.131. The predicted octanol–water partition coefficient (Wildman–Crippen LogP) is 8.46. The van der Waals surface area contributed by atoms with Gasteiger partial charge in [0.1, 0.15) is 28.8 Å². The Bertz CT molecular complexity index is 1030. The number of halogens is 7. The summed E-state index contributed by atoms with van der Waals surface area (Å²) in [6.45, 7) is 2.01. The van der Waals surface area contributed by atoms with Crippen molar-refractivity contribution < 1.29 is 30.7 Å². The van der Waals surface area contributed by atoms with Gasteiger partial charge in [-0.2, -0.15) is 13.2 Å². The Hall–Kier alpha value is -2.31. The van der Waals surface area contributed by atoms with Crippen LogP contribution in [0, 0.1) is 35.1 Å². The Labute approximate surface area is 188 Å². The minimum Gasteiger partial charge on any atom is -0.207 e. The number of unbranched alkanes of at least 4 members (excludes halogenated alkanes) is 1. The van der Waals surface area contributed by atoms with Gasteiger partial charge in [-0.25, -0.2) is 17.6 Å². The fraction of sp³-hybridized carbons (Fsp3) is 0.462. The monoisotopic (exact) mass is 470 g/mol. The zero-order chi connectivity index (χ0) is 23.9. The molecule has 1 fully saturated rings. The van der Waals surface area contributed by atoms with E-state index in [0.717, 1.165) is 31.0 Å². The summed E-state index contributed by atoms with van der Waals surface area (Å²) in [5.41, 5.74) is -0.701. The second-order valence-corrected chi connectivity index (χ2v) is 9.11. The quantitative estimate of drug-likeness (QED) is 0.311. The molecule has 4 rings (SSSR count). The summed E-state index contributed by atoms with van der Waals surface area (Å²) >= 11 is 0. The second kappa shape index (κ2) is 9.15. The van der Waals surface area contributed by atoms with Crippen molar-refractivity contribution >= 4 is 0 Å². The van der Waals surface area contributed by atoms with Crippen LogP contribution in [0.4, 0.5) is 30.7 Å².